The smallest absolute Gasteiger partial charge is 0.383 e. The van der Waals surface area contributed by atoms with E-state index in [0.717, 1.165) is 6.92 Å². The first-order chi connectivity index (χ1) is 5.96. The Morgan fingerprint density at radius 3 is 1.79 bits per heavy atom. The second kappa shape index (κ2) is 4.30. The number of hydrogen-bond donors (Lipinski definition) is 1. The van der Waals surface area contributed by atoms with E-state index in [9.17, 15) is 22.0 Å². The molecule has 0 aliphatic carbocycles. The topological polar surface area (TPSA) is 20.2 Å². The Kier molecular flexibility index (Phi) is 4.33. The summed E-state index contributed by atoms with van der Waals surface area (Å²) in [6.07, 6.45) is -6.70. The summed E-state index contributed by atoms with van der Waals surface area (Å²) < 4.78 is 60.0. The lowest BCUT2D eigenvalue weighted by Gasteiger charge is -2.28. The van der Waals surface area contributed by atoms with Crippen LogP contribution in [-0.4, -0.2) is 21.7 Å². The van der Waals surface area contributed by atoms with Gasteiger partial charge in [-0.05, 0) is 35.7 Å². The molecule has 0 saturated carbocycles. The van der Waals surface area contributed by atoms with Crippen LogP contribution in [0.4, 0.5) is 22.0 Å². The number of rotatable bonds is 4. The van der Waals surface area contributed by atoms with Gasteiger partial charge in [-0.25, -0.2) is 0 Å². The second-order valence-corrected chi connectivity index (χ2v) is 4.24. The van der Waals surface area contributed by atoms with E-state index in [1.807, 2.05) is 15.9 Å². The van der Waals surface area contributed by atoms with Gasteiger partial charge in [0.05, 0.1) is 0 Å². The highest BCUT2D eigenvalue weighted by molar-refractivity contribution is 9.10. The molecular weight excluding hydrogens is 275 g/mol. The maximum atomic E-state index is 12.5. The maximum absolute atomic E-state index is 12.5. The third-order valence-electron chi connectivity index (χ3n) is 1.73. The Morgan fingerprint density at radius 2 is 1.50 bits per heavy atom. The van der Waals surface area contributed by atoms with E-state index >= 15 is 0 Å². The summed E-state index contributed by atoms with van der Waals surface area (Å²) in [6, 6.07) is 0. The fourth-order valence-corrected chi connectivity index (χ4v) is 0.973. The highest BCUT2D eigenvalue weighted by Gasteiger charge is 2.46. The molecule has 0 bridgehead atoms. The standard InChI is InChI=1S/C7H10BrF5O/c1-5(14,7(8,12)13)3-2-4-6(9,10)11/h14H,2-4H2,1H3. The average molecular weight is 285 g/mol. The molecule has 0 radical (unpaired) electrons. The zero-order valence-corrected chi connectivity index (χ0v) is 8.92. The van der Waals surface area contributed by atoms with Crippen LogP contribution in [-0.2, 0) is 0 Å². The first-order valence-electron chi connectivity index (χ1n) is 3.81. The summed E-state index contributed by atoms with van der Waals surface area (Å²) in [5, 5.41) is 9.08. The van der Waals surface area contributed by atoms with Crippen molar-refractivity contribution in [2.45, 2.75) is 42.8 Å². The molecule has 0 spiro atoms. The molecule has 0 fully saturated rings. The fourth-order valence-electron chi connectivity index (χ4n) is 0.775. The van der Waals surface area contributed by atoms with Gasteiger partial charge in [0.15, 0.2) is 0 Å². The van der Waals surface area contributed by atoms with E-state index in [0.29, 0.717) is 0 Å². The summed E-state index contributed by atoms with van der Waals surface area (Å²) in [7, 11) is 0. The van der Waals surface area contributed by atoms with Crippen LogP contribution in [0.2, 0.25) is 0 Å². The van der Waals surface area contributed by atoms with Gasteiger partial charge in [0, 0.05) is 6.42 Å². The van der Waals surface area contributed by atoms with Crippen molar-refractivity contribution in [3.05, 3.63) is 0 Å². The van der Waals surface area contributed by atoms with Crippen molar-refractivity contribution in [1.29, 1.82) is 0 Å². The van der Waals surface area contributed by atoms with Crippen LogP contribution in [0.3, 0.4) is 0 Å². The highest BCUT2D eigenvalue weighted by Crippen LogP contribution is 2.38. The zero-order valence-electron chi connectivity index (χ0n) is 7.34. The van der Waals surface area contributed by atoms with Crippen molar-refractivity contribution in [1.82, 2.24) is 0 Å². The maximum Gasteiger partial charge on any atom is 0.389 e. The van der Waals surface area contributed by atoms with Gasteiger partial charge < -0.3 is 5.11 Å². The van der Waals surface area contributed by atoms with Gasteiger partial charge >= 0.3 is 11.0 Å². The summed E-state index contributed by atoms with van der Waals surface area (Å²) in [5.74, 6) is 0. The molecule has 14 heavy (non-hydrogen) atoms. The molecular formula is C7H10BrF5O. The second-order valence-electron chi connectivity index (χ2n) is 3.24. The van der Waals surface area contributed by atoms with Crippen LogP contribution in [0.5, 0.6) is 0 Å². The normalized spacial score (nSPS) is 18.0. The molecule has 0 aromatic heterocycles. The van der Waals surface area contributed by atoms with E-state index < -0.39 is 35.9 Å². The van der Waals surface area contributed by atoms with Crippen LogP contribution >= 0.6 is 15.9 Å². The van der Waals surface area contributed by atoms with E-state index in [1.165, 1.54) is 0 Å². The Balaban J connectivity index is 4.02. The minimum Gasteiger partial charge on any atom is -0.383 e. The third-order valence-corrected chi connectivity index (χ3v) is 2.59. The average Bonchev–Trinajstić information content (AvgIpc) is 1.80. The first kappa shape index (κ1) is 14.1. The number of alkyl halides is 6. The van der Waals surface area contributed by atoms with Crippen LogP contribution in [0.25, 0.3) is 0 Å². The molecule has 0 aromatic carbocycles. The molecule has 0 heterocycles. The van der Waals surface area contributed by atoms with Crippen molar-refractivity contribution >= 4 is 15.9 Å². The van der Waals surface area contributed by atoms with E-state index in [2.05, 4.69) is 0 Å². The van der Waals surface area contributed by atoms with E-state index in [1.54, 1.807) is 0 Å². The third kappa shape index (κ3) is 5.09. The van der Waals surface area contributed by atoms with Gasteiger partial charge in [-0.3, -0.25) is 0 Å². The van der Waals surface area contributed by atoms with Crippen LogP contribution in [0, 0.1) is 0 Å². The minimum atomic E-state index is -4.38. The minimum absolute atomic E-state index is 0.530. The Hall–Kier alpha value is 0.0900. The van der Waals surface area contributed by atoms with Crippen molar-refractivity contribution in [2.75, 3.05) is 0 Å². The Labute approximate surface area is 86.4 Å². The van der Waals surface area contributed by atoms with Gasteiger partial charge in [-0.15, -0.1) is 0 Å². The molecule has 1 nitrogen and oxygen atoms in total. The van der Waals surface area contributed by atoms with Crippen LogP contribution in [0.1, 0.15) is 26.2 Å². The molecule has 0 rings (SSSR count). The summed E-state index contributed by atoms with van der Waals surface area (Å²) in [5.41, 5.74) is -2.46. The summed E-state index contributed by atoms with van der Waals surface area (Å²) in [6.45, 7) is 0.790. The molecule has 0 aliphatic heterocycles. The van der Waals surface area contributed by atoms with Crippen LogP contribution < -0.4 is 0 Å². The monoisotopic (exact) mass is 284 g/mol. The van der Waals surface area contributed by atoms with Gasteiger partial charge in [-0.1, -0.05) is 0 Å². The first-order valence-corrected chi connectivity index (χ1v) is 4.61. The molecule has 0 amide bonds. The molecule has 7 heteroatoms. The molecule has 86 valence electrons. The number of hydrogen-bond acceptors (Lipinski definition) is 1. The Bertz CT molecular complexity index is 183. The van der Waals surface area contributed by atoms with E-state index in [-0.39, 0.29) is 0 Å². The molecule has 1 unspecified atom stereocenters. The van der Waals surface area contributed by atoms with Gasteiger partial charge in [-0.2, -0.15) is 22.0 Å². The Morgan fingerprint density at radius 1 is 1.07 bits per heavy atom. The molecule has 1 atom stereocenters. The van der Waals surface area contributed by atoms with Crippen LogP contribution in [0.15, 0.2) is 0 Å². The summed E-state index contributed by atoms with van der Waals surface area (Å²) >= 11 is 1.92. The van der Waals surface area contributed by atoms with Crippen molar-refractivity contribution in [2.24, 2.45) is 0 Å². The zero-order chi connectivity index (χ0) is 11.6. The van der Waals surface area contributed by atoms with Crippen molar-refractivity contribution < 1.29 is 27.1 Å². The number of aliphatic hydroxyl groups is 1. The van der Waals surface area contributed by atoms with Gasteiger partial charge in [0.25, 0.3) is 0 Å². The molecule has 0 saturated heterocycles. The summed E-state index contributed by atoms with van der Waals surface area (Å²) in [4.78, 5) is -3.58. The molecule has 0 aromatic rings. The van der Waals surface area contributed by atoms with Crippen molar-refractivity contribution in [3.8, 4) is 0 Å². The van der Waals surface area contributed by atoms with E-state index in [4.69, 9.17) is 5.11 Å². The number of halogens is 6. The van der Waals surface area contributed by atoms with Gasteiger partial charge in [0.1, 0.15) is 5.60 Å². The highest BCUT2D eigenvalue weighted by atomic mass is 79.9. The lowest BCUT2D eigenvalue weighted by molar-refractivity contribution is -0.145. The quantitative estimate of drug-likeness (QED) is 0.619. The largest absolute Gasteiger partial charge is 0.389 e. The molecule has 1 N–H and O–H groups in total. The fraction of sp³-hybridized carbons (Fsp3) is 1.00. The predicted molar refractivity (Wildman–Crippen MR) is 44.4 cm³/mol. The SMILES string of the molecule is CC(O)(CCCC(F)(F)F)C(F)(F)Br. The lowest BCUT2D eigenvalue weighted by atomic mass is 9.99. The van der Waals surface area contributed by atoms with Gasteiger partial charge in [0.2, 0.25) is 0 Å². The lowest BCUT2D eigenvalue weighted by Crippen LogP contribution is -2.40. The predicted octanol–water partition coefficient (Wildman–Crippen LogP) is 3.46. The molecule has 0 aliphatic rings. The van der Waals surface area contributed by atoms with Crippen molar-refractivity contribution in [3.63, 3.8) is 0 Å².